The average Bonchev–Trinajstić information content (AvgIpc) is 2.45. The van der Waals surface area contributed by atoms with E-state index in [1.54, 1.807) is 0 Å². The van der Waals surface area contributed by atoms with Gasteiger partial charge in [0.25, 0.3) is 5.91 Å². The van der Waals surface area contributed by atoms with Crippen molar-refractivity contribution in [1.29, 1.82) is 0 Å². The fraction of sp³-hybridized carbons (Fsp3) is 0.462. The second-order valence-electron chi connectivity index (χ2n) is 4.68. The molecule has 1 atom stereocenters. The quantitative estimate of drug-likeness (QED) is 0.846. The molecular formula is C13H18N2O4S. The van der Waals surface area contributed by atoms with E-state index in [0.29, 0.717) is 13.1 Å². The van der Waals surface area contributed by atoms with Crippen molar-refractivity contribution in [3.63, 3.8) is 0 Å². The summed E-state index contributed by atoms with van der Waals surface area (Å²) in [6, 6.07) is 9.50. The lowest BCUT2D eigenvalue weighted by molar-refractivity contribution is -0.136. The van der Waals surface area contributed by atoms with Crippen molar-refractivity contribution in [2.24, 2.45) is 0 Å². The summed E-state index contributed by atoms with van der Waals surface area (Å²) in [7, 11) is -3.29. The third kappa shape index (κ3) is 4.03. The predicted octanol–water partition coefficient (Wildman–Crippen LogP) is -0.0368. The molecule has 0 aromatic heterocycles. The van der Waals surface area contributed by atoms with Crippen molar-refractivity contribution >= 4 is 15.9 Å². The lowest BCUT2D eigenvalue weighted by Crippen LogP contribution is -2.51. The number of nitrogens with zero attached hydrogens (tertiary/aromatic N) is 1. The molecule has 0 spiro atoms. The van der Waals surface area contributed by atoms with Gasteiger partial charge in [0.1, 0.15) is 6.10 Å². The minimum Gasteiger partial charge on any atom is -0.366 e. The van der Waals surface area contributed by atoms with Crippen LogP contribution in [0.5, 0.6) is 0 Å². The van der Waals surface area contributed by atoms with E-state index in [1.807, 2.05) is 30.3 Å². The SMILES string of the molecule is CS(=O)(=O)N1CCOC(C(=O)NCc2ccccc2)C1. The fourth-order valence-electron chi connectivity index (χ4n) is 1.98. The third-order valence-electron chi connectivity index (χ3n) is 3.10. The Balaban J connectivity index is 1.89. The number of carbonyl (C=O) groups excluding carboxylic acids is 1. The Kier molecular flexibility index (Phi) is 4.74. The molecule has 1 aromatic carbocycles. The van der Waals surface area contributed by atoms with Crippen LogP contribution in [0.1, 0.15) is 5.56 Å². The van der Waals surface area contributed by atoms with Crippen LogP contribution in [-0.2, 0) is 26.1 Å². The van der Waals surface area contributed by atoms with E-state index in [0.717, 1.165) is 11.8 Å². The molecule has 110 valence electrons. The molecule has 1 saturated heterocycles. The first-order valence-corrected chi connectivity index (χ1v) is 8.20. The van der Waals surface area contributed by atoms with Crippen molar-refractivity contribution < 1.29 is 17.9 Å². The minimum atomic E-state index is -3.29. The van der Waals surface area contributed by atoms with Crippen LogP contribution in [0, 0.1) is 0 Å². The number of hydrogen-bond acceptors (Lipinski definition) is 4. The van der Waals surface area contributed by atoms with Crippen molar-refractivity contribution in [3.8, 4) is 0 Å². The highest BCUT2D eigenvalue weighted by Crippen LogP contribution is 2.09. The first-order chi connectivity index (χ1) is 9.47. The summed E-state index contributed by atoms with van der Waals surface area (Å²) < 4.78 is 29.5. The Morgan fingerprint density at radius 1 is 1.40 bits per heavy atom. The van der Waals surface area contributed by atoms with Gasteiger partial charge in [-0.15, -0.1) is 0 Å². The van der Waals surface area contributed by atoms with E-state index in [9.17, 15) is 13.2 Å². The number of nitrogens with one attached hydrogen (secondary N) is 1. The van der Waals surface area contributed by atoms with Crippen LogP contribution in [0.2, 0.25) is 0 Å². The van der Waals surface area contributed by atoms with Crippen LogP contribution in [-0.4, -0.2) is 50.7 Å². The van der Waals surface area contributed by atoms with Crippen LogP contribution in [0.3, 0.4) is 0 Å². The second kappa shape index (κ2) is 6.34. The van der Waals surface area contributed by atoms with E-state index < -0.39 is 16.1 Å². The summed E-state index contributed by atoms with van der Waals surface area (Å²) in [5.74, 6) is -0.290. The first kappa shape index (κ1) is 15.0. The zero-order valence-electron chi connectivity index (χ0n) is 11.3. The Morgan fingerprint density at radius 2 is 2.10 bits per heavy atom. The molecule has 1 N–H and O–H groups in total. The van der Waals surface area contributed by atoms with Crippen LogP contribution < -0.4 is 5.32 Å². The molecule has 0 aliphatic carbocycles. The van der Waals surface area contributed by atoms with Crippen molar-refractivity contribution in [1.82, 2.24) is 9.62 Å². The highest BCUT2D eigenvalue weighted by Gasteiger charge is 2.30. The lowest BCUT2D eigenvalue weighted by Gasteiger charge is -2.30. The third-order valence-corrected chi connectivity index (χ3v) is 4.37. The van der Waals surface area contributed by atoms with E-state index in [2.05, 4.69) is 5.32 Å². The summed E-state index contributed by atoms with van der Waals surface area (Å²) in [5, 5.41) is 2.76. The molecule has 2 rings (SSSR count). The molecule has 1 unspecified atom stereocenters. The highest BCUT2D eigenvalue weighted by molar-refractivity contribution is 7.88. The second-order valence-corrected chi connectivity index (χ2v) is 6.67. The monoisotopic (exact) mass is 298 g/mol. The molecule has 0 bridgehead atoms. The molecular weight excluding hydrogens is 280 g/mol. The number of ether oxygens (including phenoxy) is 1. The number of benzene rings is 1. The van der Waals surface area contributed by atoms with Gasteiger partial charge in [0.15, 0.2) is 0 Å². The number of sulfonamides is 1. The molecule has 1 heterocycles. The maximum Gasteiger partial charge on any atom is 0.250 e. The number of carbonyl (C=O) groups is 1. The molecule has 1 amide bonds. The predicted molar refractivity (Wildman–Crippen MR) is 74.4 cm³/mol. The molecule has 7 heteroatoms. The van der Waals surface area contributed by atoms with Gasteiger partial charge in [0, 0.05) is 19.6 Å². The molecule has 20 heavy (non-hydrogen) atoms. The van der Waals surface area contributed by atoms with Gasteiger partial charge in [-0.2, -0.15) is 4.31 Å². The summed E-state index contributed by atoms with van der Waals surface area (Å²) >= 11 is 0. The van der Waals surface area contributed by atoms with Gasteiger partial charge in [-0.05, 0) is 5.56 Å². The number of morpholine rings is 1. The van der Waals surface area contributed by atoms with Crippen LogP contribution in [0.25, 0.3) is 0 Å². The van der Waals surface area contributed by atoms with Gasteiger partial charge >= 0.3 is 0 Å². The fourth-order valence-corrected chi connectivity index (χ4v) is 2.80. The van der Waals surface area contributed by atoms with Crippen LogP contribution >= 0.6 is 0 Å². The molecule has 6 nitrogen and oxygen atoms in total. The van der Waals surface area contributed by atoms with Gasteiger partial charge in [0.2, 0.25) is 10.0 Å². The van der Waals surface area contributed by atoms with Crippen molar-refractivity contribution in [3.05, 3.63) is 35.9 Å². The molecule has 1 aromatic rings. The number of rotatable bonds is 4. The Morgan fingerprint density at radius 3 is 2.75 bits per heavy atom. The Bertz CT molecular complexity index is 559. The van der Waals surface area contributed by atoms with E-state index in [-0.39, 0.29) is 19.1 Å². The lowest BCUT2D eigenvalue weighted by atomic mass is 10.2. The standard InChI is InChI=1S/C13H18N2O4S/c1-20(17,18)15-7-8-19-12(10-15)13(16)14-9-11-5-3-2-4-6-11/h2-6,12H,7-10H2,1H3,(H,14,16). The summed E-state index contributed by atoms with van der Waals surface area (Å²) in [6.45, 7) is 0.996. The maximum absolute atomic E-state index is 12.0. The Hall–Kier alpha value is -1.44. The normalized spacial score (nSPS) is 20.6. The van der Waals surface area contributed by atoms with Gasteiger partial charge in [0.05, 0.1) is 12.9 Å². The summed E-state index contributed by atoms with van der Waals surface area (Å²) in [6.07, 6.45) is 0.388. The van der Waals surface area contributed by atoms with Gasteiger partial charge < -0.3 is 10.1 Å². The average molecular weight is 298 g/mol. The molecule has 0 radical (unpaired) electrons. The van der Waals surface area contributed by atoms with Crippen LogP contribution in [0.15, 0.2) is 30.3 Å². The largest absolute Gasteiger partial charge is 0.366 e. The van der Waals surface area contributed by atoms with Crippen molar-refractivity contribution in [2.45, 2.75) is 12.6 Å². The number of amides is 1. The Labute approximate surface area is 118 Å². The zero-order chi connectivity index (χ0) is 14.6. The molecule has 1 fully saturated rings. The molecule has 0 saturated carbocycles. The molecule has 1 aliphatic rings. The van der Waals surface area contributed by atoms with Gasteiger partial charge in [-0.1, -0.05) is 30.3 Å². The van der Waals surface area contributed by atoms with E-state index in [1.165, 1.54) is 4.31 Å². The zero-order valence-corrected chi connectivity index (χ0v) is 12.1. The van der Waals surface area contributed by atoms with E-state index in [4.69, 9.17) is 4.74 Å². The van der Waals surface area contributed by atoms with Gasteiger partial charge in [-0.3, -0.25) is 4.79 Å². The van der Waals surface area contributed by atoms with E-state index >= 15 is 0 Å². The number of hydrogen-bond donors (Lipinski definition) is 1. The van der Waals surface area contributed by atoms with Crippen molar-refractivity contribution in [2.75, 3.05) is 26.0 Å². The summed E-state index contributed by atoms with van der Waals surface area (Å²) in [5.41, 5.74) is 0.983. The first-order valence-electron chi connectivity index (χ1n) is 6.35. The summed E-state index contributed by atoms with van der Waals surface area (Å²) in [4.78, 5) is 12.0. The van der Waals surface area contributed by atoms with Crippen LogP contribution in [0.4, 0.5) is 0 Å². The highest BCUT2D eigenvalue weighted by atomic mass is 32.2. The minimum absolute atomic E-state index is 0.0689. The topological polar surface area (TPSA) is 75.7 Å². The molecule has 1 aliphatic heterocycles. The van der Waals surface area contributed by atoms with Gasteiger partial charge in [-0.25, -0.2) is 8.42 Å². The smallest absolute Gasteiger partial charge is 0.250 e. The maximum atomic E-state index is 12.0.